The van der Waals surface area contributed by atoms with E-state index in [1.54, 1.807) is 12.2 Å². The summed E-state index contributed by atoms with van der Waals surface area (Å²) < 4.78 is 2.04. The van der Waals surface area contributed by atoms with Gasteiger partial charge in [0.15, 0.2) is 5.11 Å². The van der Waals surface area contributed by atoms with Crippen molar-refractivity contribution in [3.05, 3.63) is 53.8 Å². The van der Waals surface area contributed by atoms with Crippen LogP contribution in [-0.4, -0.2) is 32.9 Å². The lowest BCUT2D eigenvalue weighted by molar-refractivity contribution is -0.128. The molecule has 5 nitrogen and oxygen atoms in total. The van der Waals surface area contributed by atoms with Crippen molar-refractivity contribution in [2.45, 2.75) is 6.92 Å². The van der Waals surface area contributed by atoms with Gasteiger partial charge < -0.3 is 4.57 Å². The maximum atomic E-state index is 12.6. The van der Waals surface area contributed by atoms with E-state index in [1.165, 1.54) is 4.90 Å². The number of rotatable bonds is 3. The summed E-state index contributed by atoms with van der Waals surface area (Å²) in [5.74, 6) is -0.881. The third-order valence-corrected chi connectivity index (χ3v) is 4.56. The highest BCUT2D eigenvalue weighted by Crippen LogP contribution is 2.27. The molecule has 0 aliphatic carbocycles. The number of fused-ring (bicyclic) bond motifs is 1. The number of amides is 2. The third kappa shape index (κ3) is 2.45. The maximum Gasteiger partial charge on any atom is 0.265 e. The fourth-order valence-corrected chi connectivity index (χ4v) is 3.12. The number of thiocarbonyl (C=S) groups is 1. The first kappa shape index (κ1) is 16.1. The number of aryl methyl sites for hydroxylation is 1. The number of carbonyl (C=O) groups is 2. The first-order valence-electron chi connectivity index (χ1n) is 7.49. The highest BCUT2D eigenvalue weighted by Gasteiger charge is 2.33. The Morgan fingerprint density at radius 3 is 2.71 bits per heavy atom. The summed E-state index contributed by atoms with van der Waals surface area (Å²) >= 11 is 5.07. The highest BCUT2D eigenvalue weighted by atomic mass is 32.1. The lowest BCUT2D eigenvalue weighted by atomic mass is 10.0. The van der Waals surface area contributed by atoms with Gasteiger partial charge in [0.25, 0.3) is 11.8 Å². The minimum Gasteiger partial charge on any atom is -0.347 e. The van der Waals surface area contributed by atoms with E-state index in [9.17, 15) is 9.59 Å². The van der Waals surface area contributed by atoms with Crippen molar-refractivity contribution in [3.8, 4) is 0 Å². The second-order valence-corrected chi connectivity index (χ2v) is 5.98. The van der Waals surface area contributed by atoms with Gasteiger partial charge in [-0.1, -0.05) is 24.3 Å². The van der Waals surface area contributed by atoms with Gasteiger partial charge in [-0.15, -0.1) is 6.58 Å². The molecule has 1 fully saturated rings. The molecule has 2 aromatic rings. The molecule has 2 amide bonds. The smallest absolute Gasteiger partial charge is 0.265 e. The Morgan fingerprint density at radius 1 is 1.29 bits per heavy atom. The van der Waals surface area contributed by atoms with Crippen molar-refractivity contribution in [1.82, 2.24) is 14.8 Å². The Bertz CT molecular complexity index is 924. The molecule has 6 heteroatoms. The minimum absolute atomic E-state index is 0.0740. The average molecular weight is 339 g/mol. The van der Waals surface area contributed by atoms with E-state index in [0.717, 1.165) is 22.2 Å². The van der Waals surface area contributed by atoms with Gasteiger partial charge in [-0.25, -0.2) is 0 Å². The molecule has 0 unspecified atom stereocenters. The molecule has 1 saturated heterocycles. The van der Waals surface area contributed by atoms with Crippen LogP contribution < -0.4 is 5.32 Å². The topological polar surface area (TPSA) is 54.3 Å². The van der Waals surface area contributed by atoms with Crippen molar-refractivity contribution < 1.29 is 9.59 Å². The molecule has 1 aromatic heterocycles. The molecule has 3 rings (SSSR count). The Kier molecular flexibility index (Phi) is 4.07. The fraction of sp³-hybridized carbons (Fsp3) is 0.167. The molecule has 0 spiro atoms. The third-order valence-electron chi connectivity index (χ3n) is 4.23. The summed E-state index contributed by atoms with van der Waals surface area (Å²) in [6, 6.07) is 7.88. The van der Waals surface area contributed by atoms with Crippen LogP contribution in [0, 0.1) is 6.92 Å². The lowest BCUT2D eigenvalue weighted by Gasteiger charge is -2.27. The van der Waals surface area contributed by atoms with Gasteiger partial charge >= 0.3 is 0 Å². The van der Waals surface area contributed by atoms with Gasteiger partial charge in [-0.3, -0.25) is 19.8 Å². The Balaban J connectivity index is 2.15. The van der Waals surface area contributed by atoms with Crippen LogP contribution in [0.4, 0.5) is 0 Å². The van der Waals surface area contributed by atoms with E-state index in [4.69, 9.17) is 12.2 Å². The Labute approximate surface area is 145 Å². The quantitative estimate of drug-likeness (QED) is 0.404. The molecule has 122 valence electrons. The maximum absolute atomic E-state index is 12.6. The number of nitrogens with one attached hydrogen (secondary N) is 1. The number of hydrogen-bond acceptors (Lipinski definition) is 3. The standard InChI is InChI=1S/C18H17N3O2S/c1-4-9-21-17(23)14(16(22)19-18(21)24)10-13-11(2)20(3)15-8-6-5-7-12(13)15/h4-8,10H,1,9H2,2-3H3,(H,19,22,24). The van der Waals surface area contributed by atoms with Crippen LogP contribution >= 0.6 is 12.2 Å². The molecule has 1 N–H and O–H groups in total. The molecular weight excluding hydrogens is 322 g/mol. The van der Waals surface area contributed by atoms with Crippen LogP contribution in [0.2, 0.25) is 0 Å². The van der Waals surface area contributed by atoms with Gasteiger partial charge in [0.1, 0.15) is 5.57 Å². The van der Waals surface area contributed by atoms with Crippen molar-refractivity contribution in [2.24, 2.45) is 7.05 Å². The molecule has 24 heavy (non-hydrogen) atoms. The zero-order chi connectivity index (χ0) is 17.4. The molecule has 1 aromatic carbocycles. The number of para-hydroxylation sites is 1. The first-order chi connectivity index (χ1) is 11.5. The summed E-state index contributed by atoms with van der Waals surface area (Å²) in [6.45, 7) is 5.84. The van der Waals surface area contributed by atoms with E-state index in [0.29, 0.717) is 0 Å². The van der Waals surface area contributed by atoms with E-state index < -0.39 is 11.8 Å². The van der Waals surface area contributed by atoms with Gasteiger partial charge in [0.2, 0.25) is 0 Å². The molecule has 0 atom stereocenters. The van der Waals surface area contributed by atoms with E-state index in [-0.39, 0.29) is 17.2 Å². The first-order valence-corrected chi connectivity index (χ1v) is 7.90. The van der Waals surface area contributed by atoms with Crippen LogP contribution in [0.15, 0.2) is 42.5 Å². The SMILES string of the molecule is C=CCN1C(=O)C(=Cc2c(C)n(C)c3ccccc23)C(=O)NC1=S. The van der Waals surface area contributed by atoms with E-state index in [2.05, 4.69) is 11.9 Å². The number of nitrogens with zero attached hydrogens (tertiary/aromatic N) is 2. The molecule has 1 aliphatic heterocycles. The van der Waals surface area contributed by atoms with Gasteiger partial charge in [-0.05, 0) is 31.3 Å². The van der Waals surface area contributed by atoms with Gasteiger partial charge in [-0.2, -0.15) is 0 Å². The number of carbonyl (C=O) groups excluding carboxylic acids is 2. The Hall–Kier alpha value is -2.73. The Morgan fingerprint density at radius 2 is 2.00 bits per heavy atom. The van der Waals surface area contributed by atoms with E-state index in [1.807, 2.05) is 42.8 Å². The second-order valence-electron chi connectivity index (χ2n) is 5.60. The molecule has 0 saturated carbocycles. The minimum atomic E-state index is -0.474. The second kappa shape index (κ2) is 6.05. The lowest BCUT2D eigenvalue weighted by Crippen LogP contribution is -2.53. The molecule has 2 heterocycles. The van der Waals surface area contributed by atoms with E-state index >= 15 is 0 Å². The van der Waals surface area contributed by atoms with Crippen molar-refractivity contribution in [1.29, 1.82) is 0 Å². The van der Waals surface area contributed by atoms with Crippen LogP contribution in [0.1, 0.15) is 11.3 Å². The number of benzene rings is 1. The van der Waals surface area contributed by atoms with Gasteiger partial charge in [0, 0.05) is 35.8 Å². The number of hydrogen-bond donors (Lipinski definition) is 1. The summed E-state index contributed by atoms with van der Waals surface area (Å²) in [7, 11) is 1.96. The van der Waals surface area contributed by atoms with Crippen LogP contribution in [-0.2, 0) is 16.6 Å². The number of aromatic nitrogens is 1. The van der Waals surface area contributed by atoms with Crippen LogP contribution in [0.5, 0.6) is 0 Å². The monoisotopic (exact) mass is 339 g/mol. The largest absolute Gasteiger partial charge is 0.347 e. The van der Waals surface area contributed by atoms with Crippen LogP contribution in [0.25, 0.3) is 17.0 Å². The van der Waals surface area contributed by atoms with Crippen LogP contribution in [0.3, 0.4) is 0 Å². The summed E-state index contributed by atoms with van der Waals surface area (Å²) in [4.78, 5) is 26.3. The van der Waals surface area contributed by atoms with Crippen molar-refractivity contribution >= 4 is 46.1 Å². The summed E-state index contributed by atoms with van der Waals surface area (Å²) in [5.41, 5.74) is 2.96. The highest BCUT2D eigenvalue weighted by molar-refractivity contribution is 7.80. The predicted molar refractivity (Wildman–Crippen MR) is 98.3 cm³/mol. The molecule has 1 aliphatic rings. The fourth-order valence-electron chi connectivity index (χ4n) is 2.87. The normalized spacial score (nSPS) is 16.8. The average Bonchev–Trinajstić information content (AvgIpc) is 2.80. The van der Waals surface area contributed by atoms with Crippen molar-refractivity contribution in [2.75, 3.05) is 6.54 Å². The molecule has 0 radical (unpaired) electrons. The molecular formula is C18H17N3O2S. The van der Waals surface area contributed by atoms with Gasteiger partial charge in [0.05, 0.1) is 0 Å². The summed E-state index contributed by atoms with van der Waals surface area (Å²) in [5, 5.41) is 3.67. The van der Waals surface area contributed by atoms with Crippen molar-refractivity contribution in [3.63, 3.8) is 0 Å². The molecule has 0 bridgehead atoms. The zero-order valence-electron chi connectivity index (χ0n) is 13.5. The predicted octanol–water partition coefficient (Wildman–Crippen LogP) is 2.30. The summed E-state index contributed by atoms with van der Waals surface area (Å²) in [6.07, 6.45) is 3.22. The zero-order valence-corrected chi connectivity index (χ0v) is 14.3.